The molecule has 0 spiro atoms. The van der Waals surface area contributed by atoms with Crippen molar-refractivity contribution in [2.75, 3.05) is 52.8 Å². The summed E-state index contributed by atoms with van der Waals surface area (Å²) in [6.07, 6.45) is -36.0. The van der Waals surface area contributed by atoms with Crippen molar-refractivity contribution in [3.63, 3.8) is 0 Å². The van der Waals surface area contributed by atoms with E-state index in [4.69, 9.17) is 62.6 Å². The van der Waals surface area contributed by atoms with Crippen LogP contribution in [0.15, 0.2) is 0 Å². The molecule has 0 aromatic carbocycles. The quantitative estimate of drug-likeness (QED) is 0.0573. The van der Waals surface area contributed by atoms with Gasteiger partial charge < -0.3 is 129 Å². The Morgan fingerprint density at radius 1 is 0.345 bits per heavy atom. The molecule has 0 aromatic heterocycles. The Morgan fingerprint density at radius 3 is 1.22 bits per heavy atom. The molecule has 58 heavy (non-hydrogen) atoms. The lowest BCUT2D eigenvalue weighted by atomic mass is 10.1. The highest BCUT2D eigenvalue weighted by molar-refractivity contribution is 4.97. The van der Waals surface area contributed by atoms with Gasteiger partial charge in [0.1, 0.15) is 110 Å². The Balaban J connectivity index is 1.18. The van der Waals surface area contributed by atoms with E-state index in [0.29, 0.717) is 0 Å². The molecule has 24 atom stereocenters. The maximum Gasteiger partial charge on any atom is 0.187 e. The Hall–Kier alpha value is -1.04. The van der Waals surface area contributed by atoms with Crippen LogP contribution in [0.5, 0.6) is 0 Å². The second-order valence-electron chi connectivity index (χ2n) is 14.5. The molecule has 0 unspecified atom stereocenters. The first-order valence-corrected chi connectivity index (χ1v) is 18.8. The van der Waals surface area contributed by atoms with E-state index in [2.05, 4.69) is 0 Å². The fourth-order valence-corrected chi connectivity index (χ4v) is 7.36. The molecule has 0 saturated carbocycles. The van der Waals surface area contributed by atoms with E-state index in [1.807, 2.05) is 0 Å². The van der Waals surface area contributed by atoms with E-state index in [1.54, 1.807) is 0 Å². The molecule has 0 bridgehead atoms. The third-order valence-electron chi connectivity index (χ3n) is 10.7. The van der Waals surface area contributed by atoms with Crippen molar-refractivity contribution in [1.82, 2.24) is 0 Å². The van der Waals surface area contributed by atoms with Gasteiger partial charge in [0.15, 0.2) is 37.7 Å². The number of hydrogen-bond acceptors (Lipinski definition) is 26. The number of rotatable bonds is 19. The van der Waals surface area contributed by atoms with Gasteiger partial charge in [0, 0.05) is 6.54 Å². The van der Waals surface area contributed by atoms with Crippen LogP contribution < -0.4 is 5.73 Å². The summed E-state index contributed by atoms with van der Waals surface area (Å²) >= 11 is 0. The molecule has 0 aliphatic carbocycles. The van der Waals surface area contributed by atoms with Gasteiger partial charge in [-0.3, -0.25) is 0 Å². The van der Waals surface area contributed by atoms with Gasteiger partial charge in [0.2, 0.25) is 0 Å². The Bertz CT molecular complexity index is 1260. The third kappa shape index (κ3) is 9.62. The zero-order valence-corrected chi connectivity index (χ0v) is 30.8. The summed E-state index contributed by atoms with van der Waals surface area (Å²) in [5.41, 5.74) is 5.44. The summed E-state index contributed by atoms with van der Waals surface area (Å²) in [6.45, 7) is -3.81. The van der Waals surface area contributed by atoms with Gasteiger partial charge in [-0.2, -0.15) is 0 Å². The average Bonchev–Trinajstić information content (AvgIpc) is 4.01. The predicted octanol–water partition coefficient (Wildman–Crippen LogP) is -10.3. The molecule has 6 saturated heterocycles. The van der Waals surface area contributed by atoms with Crippen molar-refractivity contribution in [3.05, 3.63) is 0 Å². The molecule has 6 fully saturated rings. The monoisotopic (exact) mass is 853 g/mol. The fourth-order valence-electron chi connectivity index (χ4n) is 7.36. The van der Waals surface area contributed by atoms with Crippen molar-refractivity contribution in [2.45, 2.75) is 148 Å². The minimum atomic E-state index is -1.75. The summed E-state index contributed by atoms with van der Waals surface area (Å²) < 4.78 is 68.0. The van der Waals surface area contributed by atoms with Crippen LogP contribution in [0.25, 0.3) is 0 Å². The summed E-state index contributed by atoms with van der Waals surface area (Å²) in [4.78, 5) is 0. The zero-order valence-electron chi connectivity index (χ0n) is 30.8. The van der Waals surface area contributed by atoms with Crippen molar-refractivity contribution in [3.8, 4) is 0 Å². The molecule has 15 N–H and O–H groups in total. The predicted molar refractivity (Wildman–Crippen MR) is 176 cm³/mol. The van der Waals surface area contributed by atoms with E-state index in [9.17, 15) is 66.4 Å². The van der Waals surface area contributed by atoms with Gasteiger partial charge in [-0.1, -0.05) is 0 Å². The molecule has 0 amide bonds. The Morgan fingerprint density at radius 2 is 0.707 bits per heavy atom. The highest BCUT2D eigenvalue weighted by atomic mass is 16.8. The molecule has 6 rings (SSSR count). The van der Waals surface area contributed by atoms with Gasteiger partial charge in [-0.15, -0.1) is 0 Å². The molecule has 0 radical (unpaired) electrons. The highest BCUT2D eigenvalue weighted by Gasteiger charge is 2.56. The molecule has 6 aliphatic rings. The number of aliphatic hydroxyl groups excluding tert-OH is 13. The first kappa shape index (κ1) is 46.5. The Labute approximate surface area is 329 Å². The Kier molecular flexibility index (Phi) is 16.4. The van der Waals surface area contributed by atoms with E-state index in [-0.39, 0.29) is 13.2 Å². The van der Waals surface area contributed by atoms with Crippen LogP contribution >= 0.6 is 0 Å². The zero-order chi connectivity index (χ0) is 42.0. The van der Waals surface area contributed by atoms with Crippen LogP contribution in [-0.2, 0) is 56.8 Å². The molecular weight excluding hydrogens is 798 g/mol. The molecule has 26 nitrogen and oxygen atoms in total. The molecule has 6 heterocycles. The number of aliphatic hydroxyl groups is 13. The molecule has 6 aliphatic heterocycles. The second kappa shape index (κ2) is 20.4. The van der Waals surface area contributed by atoms with Crippen molar-refractivity contribution in [2.24, 2.45) is 5.73 Å². The number of ether oxygens (including phenoxy) is 12. The van der Waals surface area contributed by atoms with E-state index in [0.717, 1.165) is 0 Å². The summed E-state index contributed by atoms with van der Waals surface area (Å²) in [5.74, 6) is 0. The first-order chi connectivity index (χ1) is 27.8. The molecule has 338 valence electrons. The highest BCUT2D eigenvalue weighted by Crippen LogP contribution is 2.36. The van der Waals surface area contributed by atoms with Crippen molar-refractivity contribution in [1.29, 1.82) is 0 Å². The topological polar surface area (TPSA) is 400 Å². The SMILES string of the molecule is NCCO[C@H]1O[C@H](CO[C@H]2O[C@H](CO[C@H]3O[C@H](CO)[C@@H](O)[C@@H]3O[C@@H]3O[C@H](CO)[C@@H](O)[C@@H]3O)[C@@H](O[C@H]3O[C@H](CO)[C@@H](O)[C@@H]3O[C@@H]3O[C@H](CO)[C@@H](O)[C@@H]3O)[C@@H]2O)[C@@H](O)[C@@H]1O. The second-order valence-corrected chi connectivity index (χ2v) is 14.5. The van der Waals surface area contributed by atoms with Gasteiger partial charge >= 0.3 is 0 Å². The number of hydrogen-bond donors (Lipinski definition) is 14. The third-order valence-corrected chi connectivity index (χ3v) is 10.7. The van der Waals surface area contributed by atoms with Crippen LogP contribution in [0, 0.1) is 0 Å². The molecule has 26 heteroatoms. The van der Waals surface area contributed by atoms with Crippen molar-refractivity contribution >= 4 is 0 Å². The number of nitrogens with two attached hydrogens (primary N) is 1. The van der Waals surface area contributed by atoms with E-state index in [1.165, 1.54) is 0 Å². The van der Waals surface area contributed by atoms with Crippen LogP contribution in [0.3, 0.4) is 0 Å². The minimum absolute atomic E-state index is 0.00740. The lowest BCUT2D eigenvalue weighted by Gasteiger charge is -2.30. The van der Waals surface area contributed by atoms with Gasteiger partial charge in [0.25, 0.3) is 0 Å². The standard InChI is InChI=1S/C32H55NO25/c33-1-2-47-27-20(43)17(40)13(54-27)7-48-28-23(46)24(56-32-26(19(42)12(6-37)53-32)58-30-22(45)16(39)10(4-35)51-30)14(55-28)8-49-31-25(18(41)11(5-36)52-31)57-29-21(44)15(38)9(3-34)50-29/h9-32,34-46H,1-8,33H2/t9-,10-,11-,12-,13-,14-,15-,16-,17-,18-,19-,20+,21+,22+,23+,24-,25+,26+,27+,28+,29+,30+,31+,32-/m1/s1. The lowest BCUT2D eigenvalue weighted by molar-refractivity contribution is -0.270. The lowest BCUT2D eigenvalue weighted by Crippen LogP contribution is -2.48. The van der Waals surface area contributed by atoms with Gasteiger partial charge in [-0.25, -0.2) is 0 Å². The van der Waals surface area contributed by atoms with Crippen molar-refractivity contribution < 1.29 is 123 Å². The van der Waals surface area contributed by atoms with E-state index < -0.39 is 187 Å². The summed E-state index contributed by atoms with van der Waals surface area (Å²) in [5, 5.41) is 134. The van der Waals surface area contributed by atoms with Crippen LogP contribution in [-0.4, -0.2) is 267 Å². The van der Waals surface area contributed by atoms with E-state index >= 15 is 0 Å². The molecular formula is C32H55NO25. The summed E-state index contributed by atoms with van der Waals surface area (Å²) in [7, 11) is 0. The van der Waals surface area contributed by atoms with Crippen LogP contribution in [0.1, 0.15) is 0 Å². The smallest absolute Gasteiger partial charge is 0.187 e. The fraction of sp³-hybridized carbons (Fsp3) is 1.00. The van der Waals surface area contributed by atoms with Crippen LogP contribution in [0.2, 0.25) is 0 Å². The maximum atomic E-state index is 11.5. The van der Waals surface area contributed by atoms with Gasteiger partial charge in [-0.05, 0) is 0 Å². The largest absolute Gasteiger partial charge is 0.394 e. The molecule has 0 aromatic rings. The van der Waals surface area contributed by atoms with Gasteiger partial charge in [0.05, 0.1) is 46.2 Å². The van der Waals surface area contributed by atoms with Crippen LogP contribution in [0.4, 0.5) is 0 Å². The summed E-state index contributed by atoms with van der Waals surface area (Å²) in [6, 6.07) is 0. The average molecular weight is 854 g/mol. The minimum Gasteiger partial charge on any atom is -0.394 e. The normalized spacial score (nSPS) is 50.8. The first-order valence-electron chi connectivity index (χ1n) is 18.8. The maximum absolute atomic E-state index is 11.5.